The Bertz CT molecular complexity index is 481. The molecule has 98 valence electrons. The standard InChI is InChI=1S/C12H15NO5/c1-4-12(2,3)18-9-7-5-6-8(11(14)15)10(9)13(16)17/h5-7H,4H2,1-3H3,(H,14,15). The number of hydrogen-bond acceptors (Lipinski definition) is 4. The minimum atomic E-state index is -1.35. The summed E-state index contributed by atoms with van der Waals surface area (Å²) in [5.41, 5.74) is -1.47. The summed E-state index contributed by atoms with van der Waals surface area (Å²) in [6.07, 6.45) is 0.640. The third-order valence-electron chi connectivity index (χ3n) is 2.65. The van der Waals surface area contributed by atoms with Gasteiger partial charge in [-0.25, -0.2) is 4.79 Å². The van der Waals surface area contributed by atoms with E-state index in [0.29, 0.717) is 6.42 Å². The van der Waals surface area contributed by atoms with Gasteiger partial charge in [-0.2, -0.15) is 0 Å². The number of nitrogens with zero attached hydrogens (tertiary/aromatic N) is 1. The lowest BCUT2D eigenvalue weighted by atomic mass is 10.1. The molecule has 0 radical (unpaired) electrons. The Labute approximate surface area is 104 Å². The first-order chi connectivity index (χ1) is 8.28. The number of hydrogen-bond donors (Lipinski definition) is 1. The van der Waals surface area contributed by atoms with E-state index in [2.05, 4.69) is 0 Å². The molecule has 6 nitrogen and oxygen atoms in total. The number of nitro groups is 1. The fourth-order valence-corrected chi connectivity index (χ4v) is 1.34. The Morgan fingerprint density at radius 3 is 2.56 bits per heavy atom. The van der Waals surface area contributed by atoms with Crippen molar-refractivity contribution in [3.05, 3.63) is 33.9 Å². The molecule has 0 amide bonds. The van der Waals surface area contributed by atoms with Gasteiger partial charge in [-0.3, -0.25) is 10.1 Å². The molecular formula is C12H15NO5. The van der Waals surface area contributed by atoms with E-state index in [9.17, 15) is 14.9 Å². The highest BCUT2D eigenvalue weighted by atomic mass is 16.6. The number of para-hydroxylation sites is 1. The van der Waals surface area contributed by atoms with Crippen LogP contribution in [0.15, 0.2) is 18.2 Å². The van der Waals surface area contributed by atoms with Crippen LogP contribution in [0.3, 0.4) is 0 Å². The number of rotatable bonds is 5. The molecule has 18 heavy (non-hydrogen) atoms. The van der Waals surface area contributed by atoms with Crippen LogP contribution >= 0.6 is 0 Å². The first-order valence-corrected chi connectivity index (χ1v) is 5.48. The van der Waals surface area contributed by atoms with Crippen molar-refractivity contribution in [2.75, 3.05) is 0 Å². The van der Waals surface area contributed by atoms with Gasteiger partial charge < -0.3 is 9.84 Å². The molecule has 0 heterocycles. The largest absolute Gasteiger partial charge is 0.481 e. The van der Waals surface area contributed by atoms with Gasteiger partial charge >= 0.3 is 11.7 Å². The Hall–Kier alpha value is -2.11. The highest BCUT2D eigenvalue weighted by Crippen LogP contribution is 2.33. The van der Waals surface area contributed by atoms with Crippen LogP contribution in [-0.2, 0) is 0 Å². The second-order valence-electron chi connectivity index (χ2n) is 4.43. The van der Waals surface area contributed by atoms with E-state index in [1.807, 2.05) is 6.92 Å². The van der Waals surface area contributed by atoms with Gasteiger partial charge in [0.15, 0.2) is 5.75 Å². The first-order valence-electron chi connectivity index (χ1n) is 5.48. The van der Waals surface area contributed by atoms with Gasteiger partial charge in [0.2, 0.25) is 0 Å². The number of carboxylic acids is 1. The van der Waals surface area contributed by atoms with Gasteiger partial charge in [0.1, 0.15) is 11.2 Å². The van der Waals surface area contributed by atoms with Crippen LogP contribution in [0.2, 0.25) is 0 Å². The van der Waals surface area contributed by atoms with Crippen LogP contribution in [0.4, 0.5) is 5.69 Å². The molecule has 0 fully saturated rings. The average Bonchev–Trinajstić information content (AvgIpc) is 2.27. The maximum Gasteiger partial charge on any atom is 0.342 e. The first kappa shape index (κ1) is 14.0. The van der Waals surface area contributed by atoms with Crippen molar-refractivity contribution in [1.82, 2.24) is 0 Å². The lowest BCUT2D eigenvalue weighted by Gasteiger charge is -2.24. The third-order valence-corrected chi connectivity index (χ3v) is 2.65. The molecule has 0 aliphatic carbocycles. The predicted molar refractivity (Wildman–Crippen MR) is 65.1 cm³/mol. The van der Waals surface area contributed by atoms with Crippen LogP contribution in [0, 0.1) is 10.1 Å². The fourth-order valence-electron chi connectivity index (χ4n) is 1.34. The van der Waals surface area contributed by atoms with Crippen LogP contribution in [-0.4, -0.2) is 21.6 Å². The van der Waals surface area contributed by atoms with Crippen molar-refractivity contribution in [3.63, 3.8) is 0 Å². The van der Waals surface area contributed by atoms with Gasteiger partial charge in [0.05, 0.1) is 4.92 Å². The van der Waals surface area contributed by atoms with Crippen LogP contribution in [0.1, 0.15) is 37.6 Å². The lowest BCUT2D eigenvalue weighted by molar-refractivity contribution is -0.386. The number of benzene rings is 1. The molecule has 1 aromatic rings. The number of ether oxygens (including phenoxy) is 1. The third kappa shape index (κ3) is 2.97. The van der Waals surface area contributed by atoms with Crippen molar-refractivity contribution in [3.8, 4) is 5.75 Å². The van der Waals surface area contributed by atoms with E-state index in [4.69, 9.17) is 9.84 Å². The molecule has 0 aliphatic rings. The highest BCUT2D eigenvalue weighted by molar-refractivity contribution is 5.93. The molecule has 1 aromatic carbocycles. The van der Waals surface area contributed by atoms with E-state index >= 15 is 0 Å². The summed E-state index contributed by atoms with van der Waals surface area (Å²) in [6.45, 7) is 5.45. The van der Waals surface area contributed by atoms with Crippen molar-refractivity contribution in [2.24, 2.45) is 0 Å². The number of aromatic carboxylic acids is 1. The van der Waals surface area contributed by atoms with E-state index in [1.54, 1.807) is 13.8 Å². The van der Waals surface area contributed by atoms with Crippen LogP contribution in [0.5, 0.6) is 5.75 Å². The predicted octanol–water partition coefficient (Wildman–Crippen LogP) is 2.86. The molecule has 0 aliphatic heterocycles. The summed E-state index contributed by atoms with van der Waals surface area (Å²) in [5.74, 6) is -1.37. The van der Waals surface area contributed by atoms with Crippen molar-refractivity contribution >= 4 is 11.7 Å². The molecule has 0 aromatic heterocycles. The summed E-state index contributed by atoms with van der Waals surface area (Å²) in [4.78, 5) is 21.2. The molecule has 0 atom stereocenters. The summed E-state index contributed by atoms with van der Waals surface area (Å²) < 4.78 is 5.53. The Kier molecular flexibility index (Phi) is 3.90. The molecule has 0 bridgehead atoms. The van der Waals surface area contributed by atoms with Crippen molar-refractivity contribution in [2.45, 2.75) is 32.8 Å². The van der Waals surface area contributed by atoms with E-state index < -0.39 is 22.2 Å². The molecule has 6 heteroatoms. The van der Waals surface area contributed by atoms with Gasteiger partial charge in [-0.1, -0.05) is 13.0 Å². The monoisotopic (exact) mass is 253 g/mol. The van der Waals surface area contributed by atoms with E-state index in [0.717, 1.165) is 0 Å². The number of carboxylic acid groups (broad SMARTS) is 1. The molecular weight excluding hydrogens is 238 g/mol. The summed E-state index contributed by atoms with van der Waals surface area (Å²) in [5, 5.41) is 19.9. The smallest absolute Gasteiger partial charge is 0.342 e. The number of nitro benzene ring substituents is 1. The normalized spacial score (nSPS) is 11.1. The molecule has 0 saturated heterocycles. The lowest BCUT2D eigenvalue weighted by Crippen LogP contribution is -2.27. The zero-order valence-corrected chi connectivity index (χ0v) is 10.5. The quantitative estimate of drug-likeness (QED) is 0.643. The van der Waals surface area contributed by atoms with Gasteiger partial charge in [0.25, 0.3) is 0 Å². The molecule has 1 N–H and O–H groups in total. The van der Waals surface area contributed by atoms with Gasteiger partial charge in [-0.05, 0) is 32.4 Å². The molecule has 0 saturated carbocycles. The summed E-state index contributed by atoms with van der Waals surface area (Å²) in [7, 11) is 0. The second-order valence-corrected chi connectivity index (χ2v) is 4.43. The Balaban J connectivity index is 3.32. The fraction of sp³-hybridized carbons (Fsp3) is 0.417. The maximum absolute atomic E-state index is 11.0. The summed E-state index contributed by atoms with van der Waals surface area (Å²) >= 11 is 0. The Morgan fingerprint density at radius 1 is 1.50 bits per heavy atom. The van der Waals surface area contributed by atoms with Crippen molar-refractivity contribution < 1.29 is 19.6 Å². The van der Waals surface area contributed by atoms with Gasteiger partial charge in [0, 0.05) is 0 Å². The van der Waals surface area contributed by atoms with Crippen LogP contribution in [0.25, 0.3) is 0 Å². The molecule has 0 unspecified atom stereocenters. The number of carbonyl (C=O) groups is 1. The van der Waals surface area contributed by atoms with E-state index in [-0.39, 0.29) is 11.3 Å². The maximum atomic E-state index is 11.0. The topological polar surface area (TPSA) is 89.7 Å². The second kappa shape index (κ2) is 5.03. The minimum Gasteiger partial charge on any atom is -0.481 e. The molecule has 1 rings (SSSR count). The average molecular weight is 253 g/mol. The Morgan fingerprint density at radius 2 is 2.11 bits per heavy atom. The van der Waals surface area contributed by atoms with Gasteiger partial charge in [-0.15, -0.1) is 0 Å². The van der Waals surface area contributed by atoms with Crippen molar-refractivity contribution in [1.29, 1.82) is 0 Å². The zero-order chi connectivity index (χ0) is 13.9. The highest BCUT2D eigenvalue weighted by Gasteiger charge is 2.28. The zero-order valence-electron chi connectivity index (χ0n) is 10.5. The minimum absolute atomic E-state index is 0.0215. The van der Waals surface area contributed by atoms with E-state index in [1.165, 1.54) is 18.2 Å². The van der Waals surface area contributed by atoms with Crippen LogP contribution < -0.4 is 4.74 Å². The summed E-state index contributed by atoms with van der Waals surface area (Å²) in [6, 6.07) is 4.02. The SMILES string of the molecule is CCC(C)(C)Oc1cccc(C(=O)O)c1[N+](=O)[O-]. The molecule has 0 spiro atoms.